The fourth-order valence-corrected chi connectivity index (χ4v) is 5.44. The summed E-state index contributed by atoms with van der Waals surface area (Å²) in [5.74, 6) is 0.884. The van der Waals surface area contributed by atoms with Crippen LogP contribution in [0, 0.1) is 11.8 Å². The number of nitrogens with zero attached hydrogens (tertiary/aromatic N) is 3. The Kier molecular flexibility index (Phi) is 2.81. The summed E-state index contributed by atoms with van der Waals surface area (Å²) < 4.78 is 35.5. The third-order valence-corrected chi connectivity index (χ3v) is 6.63. The lowest BCUT2D eigenvalue weighted by molar-refractivity contribution is 0.448. The van der Waals surface area contributed by atoms with Gasteiger partial charge in [-0.15, -0.1) is 0 Å². The van der Waals surface area contributed by atoms with E-state index in [1.165, 1.54) is 0 Å². The van der Waals surface area contributed by atoms with E-state index in [1.807, 2.05) is 0 Å². The molecular weight excluding hydrogens is 296 g/mol. The van der Waals surface area contributed by atoms with Crippen molar-refractivity contribution in [2.24, 2.45) is 11.8 Å². The van der Waals surface area contributed by atoms with Gasteiger partial charge in [0.1, 0.15) is 15.9 Å². The number of nitrogens with one attached hydrogen (secondary N) is 1. The normalized spacial score (nSPS) is 27.2. The highest BCUT2D eigenvalue weighted by atomic mass is 32.2. The van der Waals surface area contributed by atoms with Crippen LogP contribution in [-0.2, 0) is 10.0 Å². The highest BCUT2D eigenvalue weighted by molar-refractivity contribution is 7.89. The van der Waals surface area contributed by atoms with E-state index in [4.69, 9.17) is 0 Å². The van der Waals surface area contributed by atoms with Crippen LogP contribution in [0.1, 0.15) is 0 Å². The van der Waals surface area contributed by atoms with E-state index >= 15 is 0 Å². The van der Waals surface area contributed by atoms with Gasteiger partial charge in [0.05, 0.1) is 11.7 Å². The Morgan fingerprint density at radius 2 is 1.95 bits per heavy atom. The van der Waals surface area contributed by atoms with Crippen LogP contribution < -0.4 is 5.32 Å². The predicted molar refractivity (Wildman–Crippen MR) is 76.0 cm³/mol. The Morgan fingerprint density at radius 3 is 2.70 bits per heavy atom. The van der Waals surface area contributed by atoms with Gasteiger partial charge in [0.15, 0.2) is 0 Å². The molecule has 4 rings (SSSR count). The Labute approximate surface area is 121 Å². The molecule has 2 saturated heterocycles. The molecule has 106 valence electrons. The van der Waals surface area contributed by atoms with Crippen LogP contribution in [0.5, 0.6) is 0 Å². The molecule has 0 radical (unpaired) electrons. The van der Waals surface area contributed by atoms with Crippen molar-refractivity contribution in [2.75, 3.05) is 26.2 Å². The molecule has 1 N–H and O–H groups in total. The molecule has 0 amide bonds. The maximum atomic E-state index is 12.8. The van der Waals surface area contributed by atoms with Gasteiger partial charge in [0.25, 0.3) is 0 Å². The topological polar surface area (TPSA) is 75.2 Å². The van der Waals surface area contributed by atoms with Crippen LogP contribution in [0.3, 0.4) is 0 Å². The van der Waals surface area contributed by atoms with Gasteiger partial charge in [0, 0.05) is 13.1 Å². The van der Waals surface area contributed by atoms with Gasteiger partial charge in [-0.3, -0.25) is 0 Å². The molecule has 2 aliphatic heterocycles. The first kappa shape index (κ1) is 12.6. The Bertz CT molecular complexity index is 746. The first-order valence-electron chi connectivity index (χ1n) is 6.58. The molecular formula is C12H14N4O2S2. The summed E-state index contributed by atoms with van der Waals surface area (Å²) in [5, 5.41) is 3.32. The van der Waals surface area contributed by atoms with Crippen molar-refractivity contribution in [3.05, 3.63) is 18.2 Å². The van der Waals surface area contributed by atoms with Crippen LogP contribution in [0.2, 0.25) is 0 Å². The van der Waals surface area contributed by atoms with Crippen LogP contribution >= 0.6 is 11.7 Å². The van der Waals surface area contributed by atoms with E-state index in [9.17, 15) is 8.42 Å². The summed E-state index contributed by atoms with van der Waals surface area (Å²) >= 11 is 1.05. The third-order valence-electron chi connectivity index (χ3n) is 4.22. The van der Waals surface area contributed by atoms with Crippen molar-refractivity contribution in [1.82, 2.24) is 18.4 Å². The Morgan fingerprint density at radius 1 is 1.20 bits per heavy atom. The molecule has 0 unspecified atom stereocenters. The predicted octanol–water partition coefficient (Wildman–Crippen LogP) is 0.531. The number of hydrogen-bond acceptors (Lipinski definition) is 6. The second-order valence-electron chi connectivity index (χ2n) is 5.39. The molecule has 2 fully saturated rings. The zero-order chi connectivity index (χ0) is 13.7. The maximum Gasteiger partial charge on any atom is 0.245 e. The molecule has 3 heterocycles. The summed E-state index contributed by atoms with van der Waals surface area (Å²) in [7, 11) is -3.47. The molecule has 2 atom stereocenters. The van der Waals surface area contributed by atoms with E-state index in [0.29, 0.717) is 36.0 Å². The van der Waals surface area contributed by atoms with Crippen LogP contribution in [0.15, 0.2) is 23.1 Å². The molecule has 1 aromatic carbocycles. The summed E-state index contributed by atoms with van der Waals surface area (Å²) in [5.41, 5.74) is 1.14. The van der Waals surface area contributed by atoms with Crippen molar-refractivity contribution in [3.8, 4) is 0 Å². The second-order valence-corrected chi connectivity index (χ2v) is 7.82. The van der Waals surface area contributed by atoms with Crippen molar-refractivity contribution in [1.29, 1.82) is 0 Å². The highest BCUT2D eigenvalue weighted by Gasteiger charge is 2.42. The molecule has 0 saturated carbocycles. The molecule has 20 heavy (non-hydrogen) atoms. The molecule has 2 aliphatic rings. The zero-order valence-electron chi connectivity index (χ0n) is 10.7. The van der Waals surface area contributed by atoms with Gasteiger partial charge in [-0.05, 0) is 37.1 Å². The standard InChI is InChI=1S/C12H14N4O2S2/c17-20(18,16-6-8-4-13-5-9(8)7-16)11-3-1-2-10-12(11)15-19-14-10/h1-3,8-9,13H,4-7H2/t8-,9+. The van der Waals surface area contributed by atoms with Gasteiger partial charge in [-0.25, -0.2) is 8.42 Å². The lowest BCUT2D eigenvalue weighted by Gasteiger charge is -2.17. The van der Waals surface area contributed by atoms with Crippen molar-refractivity contribution in [2.45, 2.75) is 4.90 Å². The lowest BCUT2D eigenvalue weighted by atomic mass is 10.0. The zero-order valence-corrected chi connectivity index (χ0v) is 12.3. The lowest BCUT2D eigenvalue weighted by Crippen LogP contribution is -2.32. The first-order chi connectivity index (χ1) is 9.66. The number of sulfonamides is 1. The first-order valence-corrected chi connectivity index (χ1v) is 8.75. The smallest absolute Gasteiger partial charge is 0.245 e. The number of rotatable bonds is 2. The van der Waals surface area contributed by atoms with E-state index in [2.05, 4.69) is 14.1 Å². The van der Waals surface area contributed by atoms with E-state index in [-0.39, 0.29) is 4.90 Å². The molecule has 6 nitrogen and oxygen atoms in total. The van der Waals surface area contributed by atoms with Gasteiger partial charge >= 0.3 is 0 Å². The van der Waals surface area contributed by atoms with Gasteiger partial charge in [-0.2, -0.15) is 13.1 Å². The fourth-order valence-electron chi connectivity index (χ4n) is 3.14. The minimum Gasteiger partial charge on any atom is -0.316 e. The fraction of sp³-hybridized carbons (Fsp3) is 0.500. The monoisotopic (exact) mass is 310 g/mol. The van der Waals surface area contributed by atoms with Gasteiger partial charge < -0.3 is 5.32 Å². The molecule has 0 bridgehead atoms. The molecule has 0 aliphatic carbocycles. The molecule has 2 aromatic rings. The summed E-state index contributed by atoms with van der Waals surface area (Å²) in [4.78, 5) is 0.289. The third kappa shape index (κ3) is 1.79. The molecule has 1 aromatic heterocycles. The number of fused-ring (bicyclic) bond motifs is 2. The Hall–Kier alpha value is -1.09. The maximum absolute atomic E-state index is 12.8. The second kappa shape index (κ2) is 4.45. The van der Waals surface area contributed by atoms with Gasteiger partial charge in [0.2, 0.25) is 10.0 Å². The highest BCUT2D eigenvalue weighted by Crippen LogP contribution is 2.32. The van der Waals surface area contributed by atoms with Crippen LogP contribution in [0.4, 0.5) is 0 Å². The Balaban J connectivity index is 1.75. The van der Waals surface area contributed by atoms with Crippen LogP contribution in [0.25, 0.3) is 11.0 Å². The van der Waals surface area contributed by atoms with E-state index < -0.39 is 10.0 Å². The number of hydrogen-bond donors (Lipinski definition) is 1. The van der Waals surface area contributed by atoms with Crippen molar-refractivity contribution >= 4 is 32.8 Å². The van der Waals surface area contributed by atoms with E-state index in [0.717, 1.165) is 24.8 Å². The average Bonchev–Trinajstić information content (AvgIpc) is 3.12. The minimum atomic E-state index is -3.47. The SMILES string of the molecule is O=S(=O)(c1cccc2nsnc12)N1C[C@H]2CNC[C@H]2C1. The summed E-state index contributed by atoms with van der Waals surface area (Å²) in [6.07, 6.45) is 0. The van der Waals surface area contributed by atoms with Crippen molar-refractivity contribution in [3.63, 3.8) is 0 Å². The van der Waals surface area contributed by atoms with E-state index in [1.54, 1.807) is 22.5 Å². The molecule has 8 heteroatoms. The minimum absolute atomic E-state index is 0.289. The number of benzene rings is 1. The average molecular weight is 310 g/mol. The summed E-state index contributed by atoms with van der Waals surface area (Å²) in [6, 6.07) is 5.15. The quantitative estimate of drug-likeness (QED) is 0.876. The molecule has 0 spiro atoms. The van der Waals surface area contributed by atoms with Crippen molar-refractivity contribution < 1.29 is 8.42 Å². The summed E-state index contributed by atoms with van der Waals surface area (Å²) in [6.45, 7) is 3.04. The van der Waals surface area contributed by atoms with Crippen LogP contribution in [-0.4, -0.2) is 47.6 Å². The van der Waals surface area contributed by atoms with Gasteiger partial charge in [-0.1, -0.05) is 6.07 Å². The largest absolute Gasteiger partial charge is 0.316 e. The number of aromatic nitrogens is 2.